The zero-order valence-corrected chi connectivity index (χ0v) is 13.9. The van der Waals surface area contributed by atoms with E-state index in [0.717, 1.165) is 42.1 Å². The summed E-state index contributed by atoms with van der Waals surface area (Å²) >= 11 is 0. The second-order valence-corrected chi connectivity index (χ2v) is 5.71. The molecule has 0 saturated heterocycles. The third-order valence-electron chi connectivity index (χ3n) is 3.42. The minimum absolute atomic E-state index is 0.114. The van der Waals surface area contributed by atoms with E-state index in [1.54, 1.807) is 7.11 Å². The summed E-state index contributed by atoms with van der Waals surface area (Å²) in [4.78, 5) is 0. The number of methoxy groups -OCH3 is 1. The first-order chi connectivity index (χ1) is 11.1. The van der Waals surface area contributed by atoms with Crippen LogP contribution in [0.15, 0.2) is 42.5 Å². The maximum atomic E-state index is 12.8. The fourth-order valence-corrected chi connectivity index (χ4v) is 2.29. The molecule has 0 bridgehead atoms. The van der Waals surface area contributed by atoms with Gasteiger partial charge in [-0.15, -0.1) is 0 Å². The number of hydrogen-bond donors (Lipinski definition) is 1. The van der Waals surface area contributed by atoms with Crippen molar-refractivity contribution in [3.05, 3.63) is 59.4 Å². The van der Waals surface area contributed by atoms with Crippen LogP contribution in [0, 0.1) is 5.82 Å². The van der Waals surface area contributed by atoms with Gasteiger partial charge in [-0.1, -0.05) is 18.2 Å². The maximum absolute atomic E-state index is 12.8. The molecule has 0 saturated carbocycles. The molecule has 2 rings (SSSR count). The van der Waals surface area contributed by atoms with Gasteiger partial charge in [0.05, 0.1) is 13.2 Å². The molecule has 4 heteroatoms. The molecule has 0 heterocycles. The largest absolute Gasteiger partial charge is 0.493 e. The fourth-order valence-electron chi connectivity index (χ4n) is 2.29. The predicted octanol–water partition coefficient (Wildman–Crippen LogP) is 3.95. The Kier molecular flexibility index (Phi) is 6.41. The molecule has 1 N–H and O–H groups in total. The van der Waals surface area contributed by atoms with Gasteiger partial charge in [0, 0.05) is 6.54 Å². The second kappa shape index (κ2) is 8.53. The van der Waals surface area contributed by atoms with Crippen molar-refractivity contribution in [1.29, 1.82) is 0 Å². The van der Waals surface area contributed by atoms with Gasteiger partial charge in [0.1, 0.15) is 5.82 Å². The molecule has 2 aromatic rings. The molecule has 0 spiro atoms. The van der Waals surface area contributed by atoms with Gasteiger partial charge < -0.3 is 14.8 Å². The molecule has 0 aliphatic heterocycles. The van der Waals surface area contributed by atoms with E-state index in [9.17, 15) is 4.39 Å². The van der Waals surface area contributed by atoms with Crippen LogP contribution in [-0.4, -0.2) is 19.8 Å². The molecular weight excluding hydrogens is 293 g/mol. The van der Waals surface area contributed by atoms with Gasteiger partial charge in [-0.2, -0.15) is 0 Å². The topological polar surface area (TPSA) is 30.5 Å². The monoisotopic (exact) mass is 317 g/mol. The zero-order chi connectivity index (χ0) is 16.7. The van der Waals surface area contributed by atoms with E-state index < -0.39 is 0 Å². The van der Waals surface area contributed by atoms with E-state index in [1.807, 2.05) is 44.2 Å². The van der Waals surface area contributed by atoms with Gasteiger partial charge in [0.15, 0.2) is 11.5 Å². The first-order valence-corrected chi connectivity index (χ1v) is 7.87. The lowest BCUT2D eigenvalue weighted by molar-refractivity contribution is 0.230. The van der Waals surface area contributed by atoms with Crippen LogP contribution in [0.5, 0.6) is 11.5 Å². The highest BCUT2D eigenvalue weighted by atomic mass is 19.1. The van der Waals surface area contributed by atoms with Crippen LogP contribution in [-0.2, 0) is 13.0 Å². The van der Waals surface area contributed by atoms with Crippen molar-refractivity contribution < 1.29 is 13.9 Å². The van der Waals surface area contributed by atoms with Crippen LogP contribution in [0.3, 0.4) is 0 Å². The fraction of sp³-hybridized carbons (Fsp3) is 0.368. The van der Waals surface area contributed by atoms with Crippen molar-refractivity contribution in [2.75, 3.05) is 13.7 Å². The van der Waals surface area contributed by atoms with Gasteiger partial charge >= 0.3 is 0 Å². The molecule has 23 heavy (non-hydrogen) atoms. The normalized spacial score (nSPS) is 10.8. The summed E-state index contributed by atoms with van der Waals surface area (Å²) in [6.45, 7) is 5.56. The summed E-state index contributed by atoms with van der Waals surface area (Å²) in [7, 11) is 1.65. The van der Waals surface area contributed by atoms with Gasteiger partial charge in [0.25, 0.3) is 0 Å². The molecule has 0 amide bonds. The Bertz CT molecular complexity index is 611. The van der Waals surface area contributed by atoms with E-state index >= 15 is 0 Å². The van der Waals surface area contributed by atoms with Crippen molar-refractivity contribution in [3.63, 3.8) is 0 Å². The average Bonchev–Trinajstić information content (AvgIpc) is 2.54. The van der Waals surface area contributed by atoms with Crippen LogP contribution < -0.4 is 14.8 Å². The Hall–Kier alpha value is -2.07. The SMILES string of the molecule is COc1cc(CNCCc2ccc(F)cc2)ccc1OC(C)C. The molecule has 0 atom stereocenters. The Morgan fingerprint density at radius 1 is 1.00 bits per heavy atom. The van der Waals surface area contributed by atoms with E-state index in [-0.39, 0.29) is 11.9 Å². The van der Waals surface area contributed by atoms with Crippen LogP contribution in [0.25, 0.3) is 0 Å². The lowest BCUT2D eigenvalue weighted by Crippen LogP contribution is -2.16. The van der Waals surface area contributed by atoms with Crippen molar-refractivity contribution in [1.82, 2.24) is 5.32 Å². The molecule has 0 aromatic heterocycles. The van der Waals surface area contributed by atoms with Crippen LogP contribution in [0.1, 0.15) is 25.0 Å². The van der Waals surface area contributed by atoms with Crippen LogP contribution in [0.4, 0.5) is 4.39 Å². The quantitative estimate of drug-likeness (QED) is 0.748. The smallest absolute Gasteiger partial charge is 0.161 e. The number of benzene rings is 2. The van der Waals surface area contributed by atoms with E-state index in [2.05, 4.69) is 5.32 Å². The number of ether oxygens (including phenoxy) is 2. The van der Waals surface area contributed by atoms with Crippen LogP contribution in [0.2, 0.25) is 0 Å². The summed E-state index contributed by atoms with van der Waals surface area (Å²) in [5.74, 6) is 1.31. The predicted molar refractivity (Wildman–Crippen MR) is 90.6 cm³/mol. The summed E-state index contributed by atoms with van der Waals surface area (Å²) < 4.78 is 23.9. The lowest BCUT2D eigenvalue weighted by atomic mass is 10.1. The van der Waals surface area contributed by atoms with Gasteiger partial charge in [-0.25, -0.2) is 4.39 Å². The molecule has 3 nitrogen and oxygen atoms in total. The zero-order valence-electron chi connectivity index (χ0n) is 13.9. The van der Waals surface area contributed by atoms with Gasteiger partial charge in [0.2, 0.25) is 0 Å². The molecule has 124 valence electrons. The highest BCUT2D eigenvalue weighted by Gasteiger charge is 2.07. The second-order valence-electron chi connectivity index (χ2n) is 5.71. The Morgan fingerprint density at radius 3 is 2.35 bits per heavy atom. The summed E-state index contributed by atoms with van der Waals surface area (Å²) in [5, 5.41) is 3.39. The number of nitrogens with one attached hydrogen (secondary N) is 1. The Morgan fingerprint density at radius 2 is 1.70 bits per heavy atom. The standard InChI is InChI=1S/C19H24FNO2/c1-14(2)23-18-9-6-16(12-19(18)22-3)13-21-11-10-15-4-7-17(20)8-5-15/h4-9,12,14,21H,10-11,13H2,1-3H3. The number of hydrogen-bond acceptors (Lipinski definition) is 3. The van der Waals surface area contributed by atoms with Crippen molar-refractivity contribution in [3.8, 4) is 11.5 Å². The molecule has 0 aliphatic rings. The lowest BCUT2D eigenvalue weighted by Gasteiger charge is -2.14. The molecule has 2 aromatic carbocycles. The molecule has 0 radical (unpaired) electrons. The van der Waals surface area contributed by atoms with Gasteiger partial charge in [-0.05, 0) is 62.2 Å². The van der Waals surface area contributed by atoms with Gasteiger partial charge in [-0.3, -0.25) is 0 Å². The summed E-state index contributed by atoms with van der Waals surface area (Å²) in [5.41, 5.74) is 2.26. The van der Waals surface area contributed by atoms with E-state index in [0.29, 0.717) is 0 Å². The third kappa shape index (κ3) is 5.57. The minimum Gasteiger partial charge on any atom is -0.493 e. The highest BCUT2D eigenvalue weighted by Crippen LogP contribution is 2.28. The maximum Gasteiger partial charge on any atom is 0.161 e. The average molecular weight is 317 g/mol. The molecule has 0 aliphatic carbocycles. The van der Waals surface area contributed by atoms with Crippen molar-refractivity contribution >= 4 is 0 Å². The number of rotatable bonds is 8. The van der Waals surface area contributed by atoms with E-state index in [1.165, 1.54) is 12.1 Å². The highest BCUT2D eigenvalue weighted by molar-refractivity contribution is 5.43. The van der Waals surface area contributed by atoms with Crippen molar-refractivity contribution in [2.45, 2.75) is 32.9 Å². The molecule has 0 fully saturated rings. The van der Waals surface area contributed by atoms with Crippen molar-refractivity contribution in [2.24, 2.45) is 0 Å². The molecular formula is C19H24FNO2. The molecule has 0 unspecified atom stereocenters. The van der Waals surface area contributed by atoms with Crippen LogP contribution >= 0.6 is 0 Å². The Balaban J connectivity index is 1.84. The first-order valence-electron chi connectivity index (χ1n) is 7.87. The summed E-state index contributed by atoms with van der Waals surface area (Å²) in [6, 6.07) is 12.6. The number of halogens is 1. The minimum atomic E-state index is -0.197. The van der Waals surface area contributed by atoms with E-state index in [4.69, 9.17) is 9.47 Å². The Labute approximate surface area is 137 Å². The summed E-state index contributed by atoms with van der Waals surface area (Å²) in [6.07, 6.45) is 0.981. The first kappa shape index (κ1) is 17.3. The third-order valence-corrected chi connectivity index (χ3v) is 3.42.